The second-order valence-corrected chi connectivity index (χ2v) is 10.7. The van der Waals surface area contributed by atoms with E-state index in [9.17, 15) is 14.4 Å². The van der Waals surface area contributed by atoms with Gasteiger partial charge in [0.25, 0.3) is 0 Å². The monoisotopic (exact) mass is 537 g/mol. The summed E-state index contributed by atoms with van der Waals surface area (Å²) >= 11 is 0. The van der Waals surface area contributed by atoms with Crippen LogP contribution in [0.4, 0.5) is 0 Å². The number of aliphatic carboxylic acids is 1. The maximum atomic E-state index is 12.4. The van der Waals surface area contributed by atoms with Gasteiger partial charge in [-0.15, -0.1) is 0 Å². The van der Waals surface area contributed by atoms with E-state index in [0.29, 0.717) is 12.8 Å². The molecule has 0 fully saturated rings. The summed E-state index contributed by atoms with van der Waals surface area (Å²) in [5, 5.41) is 11.0. The number of carboxylic acids is 1. The molecule has 6 heteroatoms. The van der Waals surface area contributed by atoms with Crippen LogP contribution in [0.2, 0.25) is 0 Å². The fourth-order valence-electron chi connectivity index (χ4n) is 4.54. The first-order valence-corrected chi connectivity index (χ1v) is 15.8. The van der Waals surface area contributed by atoms with Gasteiger partial charge in [-0.05, 0) is 44.6 Å². The van der Waals surface area contributed by atoms with Gasteiger partial charge in [0.2, 0.25) is 5.91 Å². The van der Waals surface area contributed by atoms with E-state index in [1.165, 1.54) is 77.0 Å². The second kappa shape index (κ2) is 28.2. The highest BCUT2D eigenvalue weighted by Gasteiger charge is 2.12. The number of ether oxygens (including phenoxy) is 1. The first kappa shape index (κ1) is 36.1. The number of carboxylic acid groups (broad SMARTS) is 1. The Kier molecular flexibility index (Phi) is 26.8. The van der Waals surface area contributed by atoms with Gasteiger partial charge in [-0.3, -0.25) is 14.4 Å². The van der Waals surface area contributed by atoms with Crippen LogP contribution < -0.4 is 5.32 Å². The Balaban J connectivity index is 4.04. The molecule has 0 spiro atoms. The fourth-order valence-corrected chi connectivity index (χ4v) is 4.54. The summed E-state index contributed by atoms with van der Waals surface area (Å²) < 4.78 is 5.81. The molecule has 0 aliphatic heterocycles. The number of allylic oxidation sites excluding steroid dienone is 1. The third kappa shape index (κ3) is 27.2. The lowest BCUT2D eigenvalue weighted by Crippen LogP contribution is -2.28. The molecular formula is C32H59NO5. The molecule has 0 aromatic heterocycles. The molecule has 0 aliphatic rings. The fraction of sp³-hybridized carbons (Fsp3) is 0.844. The van der Waals surface area contributed by atoms with E-state index in [-0.39, 0.29) is 24.5 Å². The zero-order chi connectivity index (χ0) is 28.1. The number of nitrogens with one attached hydrogen (secondary N) is 1. The number of carbonyl (C=O) groups excluding carboxylic acids is 2. The van der Waals surface area contributed by atoms with Crippen molar-refractivity contribution in [3.8, 4) is 0 Å². The molecule has 6 nitrogen and oxygen atoms in total. The summed E-state index contributed by atoms with van der Waals surface area (Å²) in [7, 11) is 0. The molecule has 0 saturated heterocycles. The van der Waals surface area contributed by atoms with Gasteiger partial charge in [-0.25, -0.2) is 0 Å². The number of hydrogen-bond donors (Lipinski definition) is 2. The Morgan fingerprint density at radius 3 is 1.76 bits per heavy atom. The topological polar surface area (TPSA) is 92.7 Å². The van der Waals surface area contributed by atoms with Crippen molar-refractivity contribution >= 4 is 17.8 Å². The van der Waals surface area contributed by atoms with Crippen LogP contribution in [0.1, 0.15) is 162 Å². The molecule has 1 atom stereocenters. The van der Waals surface area contributed by atoms with E-state index in [1.54, 1.807) is 0 Å². The number of carbonyl (C=O) groups is 3. The Labute approximate surface area is 233 Å². The molecule has 0 radical (unpaired) electrons. The Hall–Kier alpha value is -1.85. The first-order valence-electron chi connectivity index (χ1n) is 15.8. The lowest BCUT2D eigenvalue weighted by atomic mass is 10.0. The summed E-state index contributed by atoms with van der Waals surface area (Å²) in [6.45, 7) is 4.13. The molecule has 0 saturated carbocycles. The molecule has 0 bridgehead atoms. The van der Waals surface area contributed by atoms with Gasteiger partial charge < -0.3 is 15.2 Å². The van der Waals surface area contributed by atoms with E-state index in [0.717, 1.165) is 57.8 Å². The van der Waals surface area contributed by atoms with E-state index >= 15 is 0 Å². The normalized spacial score (nSPS) is 12.1. The maximum absolute atomic E-state index is 12.4. The molecule has 38 heavy (non-hydrogen) atoms. The molecule has 0 rings (SSSR count). The van der Waals surface area contributed by atoms with Gasteiger partial charge in [0.1, 0.15) is 12.6 Å². The summed E-state index contributed by atoms with van der Waals surface area (Å²) in [6.07, 6.45) is 29.2. The SMILES string of the molecule is CCCCC/C=C\C(CCCCCCC(=O)NCC(=O)O)OC(=O)CCCCCCCCCCCCCC. The van der Waals surface area contributed by atoms with Crippen LogP contribution in [-0.4, -0.2) is 35.6 Å². The number of amides is 1. The molecule has 0 heterocycles. The van der Waals surface area contributed by atoms with Crippen LogP contribution in [0.3, 0.4) is 0 Å². The highest BCUT2D eigenvalue weighted by molar-refractivity contribution is 5.80. The maximum Gasteiger partial charge on any atom is 0.322 e. The minimum absolute atomic E-state index is 0.0876. The van der Waals surface area contributed by atoms with Crippen LogP contribution >= 0.6 is 0 Å². The predicted octanol–water partition coefficient (Wildman–Crippen LogP) is 8.67. The molecule has 1 amide bonds. The van der Waals surface area contributed by atoms with Crippen LogP contribution in [0.15, 0.2) is 12.2 Å². The van der Waals surface area contributed by atoms with Crippen LogP contribution in [0.25, 0.3) is 0 Å². The van der Waals surface area contributed by atoms with Crippen molar-refractivity contribution in [2.75, 3.05) is 6.54 Å². The molecule has 0 aromatic rings. The molecule has 0 aliphatic carbocycles. The summed E-state index contributed by atoms with van der Waals surface area (Å²) in [4.78, 5) is 34.5. The number of esters is 1. The summed E-state index contributed by atoms with van der Waals surface area (Å²) in [5.41, 5.74) is 0. The third-order valence-electron chi connectivity index (χ3n) is 6.92. The van der Waals surface area contributed by atoms with E-state index in [2.05, 4.69) is 31.3 Å². The highest BCUT2D eigenvalue weighted by atomic mass is 16.5. The minimum Gasteiger partial charge on any atom is -0.480 e. The standard InChI is InChI=1S/C32H59NO5/c1-3-5-7-9-10-11-12-13-14-15-17-23-27-32(37)38-29(24-20-16-8-6-4-2)25-21-18-19-22-26-30(34)33-28-31(35)36/h20,24,29H,3-19,21-23,25-28H2,1-2H3,(H,33,34)(H,35,36)/b24-20-. The van der Waals surface area contributed by atoms with Crippen molar-refractivity contribution < 1.29 is 24.2 Å². The van der Waals surface area contributed by atoms with Crippen molar-refractivity contribution in [3.05, 3.63) is 12.2 Å². The van der Waals surface area contributed by atoms with E-state index < -0.39 is 5.97 Å². The second-order valence-electron chi connectivity index (χ2n) is 10.7. The zero-order valence-electron chi connectivity index (χ0n) is 24.8. The number of unbranched alkanes of at least 4 members (excludes halogenated alkanes) is 17. The highest BCUT2D eigenvalue weighted by Crippen LogP contribution is 2.15. The lowest BCUT2D eigenvalue weighted by molar-refractivity contribution is -0.147. The zero-order valence-corrected chi connectivity index (χ0v) is 24.8. The smallest absolute Gasteiger partial charge is 0.322 e. The molecule has 0 aromatic carbocycles. The summed E-state index contributed by atoms with van der Waals surface area (Å²) in [5.74, 6) is -1.33. The van der Waals surface area contributed by atoms with Gasteiger partial charge in [-0.2, -0.15) is 0 Å². The Bertz CT molecular complexity index is 605. The predicted molar refractivity (Wildman–Crippen MR) is 157 cm³/mol. The largest absolute Gasteiger partial charge is 0.480 e. The Morgan fingerprint density at radius 2 is 1.18 bits per heavy atom. The average molecular weight is 538 g/mol. The summed E-state index contributed by atoms with van der Waals surface area (Å²) in [6, 6.07) is 0. The van der Waals surface area contributed by atoms with Crippen molar-refractivity contribution in [1.82, 2.24) is 5.32 Å². The minimum atomic E-state index is -1.03. The Morgan fingerprint density at radius 1 is 0.684 bits per heavy atom. The van der Waals surface area contributed by atoms with Gasteiger partial charge in [0.05, 0.1) is 0 Å². The molecule has 222 valence electrons. The van der Waals surface area contributed by atoms with E-state index in [4.69, 9.17) is 9.84 Å². The van der Waals surface area contributed by atoms with Crippen LogP contribution in [-0.2, 0) is 19.1 Å². The van der Waals surface area contributed by atoms with Gasteiger partial charge in [0, 0.05) is 12.8 Å². The van der Waals surface area contributed by atoms with Gasteiger partial charge in [-0.1, -0.05) is 116 Å². The quantitative estimate of drug-likeness (QED) is 0.0591. The van der Waals surface area contributed by atoms with Crippen molar-refractivity contribution in [2.24, 2.45) is 0 Å². The molecule has 1 unspecified atom stereocenters. The first-order chi connectivity index (χ1) is 18.5. The van der Waals surface area contributed by atoms with Gasteiger partial charge >= 0.3 is 11.9 Å². The third-order valence-corrected chi connectivity index (χ3v) is 6.92. The lowest BCUT2D eigenvalue weighted by Gasteiger charge is -2.15. The van der Waals surface area contributed by atoms with Crippen molar-refractivity contribution in [1.29, 1.82) is 0 Å². The molecule has 2 N–H and O–H groups in total. The average Bonchev–Trinajstić information content (AvgIpc) is 2.89. The van der Waals surface area contributed by atoms with Crippen molar-refractivity contribution in [2.45, 2.75) is 168 Å². The number of rotatable bonds is 28. The molecular weight excluding hydrogens is 478 g/mol. The van der Waals surface area contributed by atoms with Crippen LogP contribution in [0.5, 0.6) is 0 Å². The van der Waals surface area contributed by atoms with Gasteiger partial charge in [0.15, 0.2) is 0 Å². The van der Waals surface area contributed by atoms with Crippen molar-refractivity contribution in [3.63, 3.8) is 0 Å². The van der Waals surface area contributed by atoms with E-state index in [1.807, 2.05) is 0 Å². The van der Waals surface area contributed by atoms with Crippen LogP contribution in [0, 0.1) is 0 Å². The number of hydrogen-bond acceptors (Lipinski definition) is 4.